The summed E-state index contributed by atoms with van der Waals surface area (Å²) >= 11 is 3.31. The van der Waals surface area contributed by atoms with Crippen molar-refractivity contribution in [2.24, 2.45) is 0 Å². The van der Waals surface area contributed by atoms with Crippen LogP contribution >= 0.6 is 15.9 Å². The summed E-state index contributed by atoms with van der Waals surface area (Å²) in [7, 11) is 0. The summed E-state index contributed by atoms with van der Waals surface area (Å²) in [6.07, 6.45) is 0. The number of hydrogen-bond donors (Lipinski definition) is 0. The molecule has 0 saturated carbocycles. The standard InChI is InChI=1S/C13H9BrFNO3/c14-10-2-1-3-11(7-10)19-8-9-4-5-13(16(17)18)12(15)6-9/h1-7H,8H2. The molecule has 0 N–H and O–H groups in total. The average Bonchev–Trinajstić information content (AvgIpc) is 2.36. The molecule has 19 heavy (non-hydrogen) atoms. The van der Waals surface area contributed by atoms with Gasteiger partial charge in [-0.25, -0.2) is 0 Å². The Morgan fingerprint density at radius 1 is 1.26 bits per heavy atom. The van der Waals surface area contributed by atoms with Gasteiger partial charge in [-0.1, -0.05) is 22.0 Å². The highest BCUT2D eigenvalue weighted by Gasteiger charge is 2.13. The molecule has 0 fully saturated rings. The molecule has 0 aliphatic rings. The number of ether oxygens (including phenoxy) is 1. The number of rotatable bonds is 4. The van der Waals surface area contributed by atoms with E-state index in [9.17, 15) is 14.5 Å². The van der Waals surface area contributed by atoms with Crippen LogP contribution in [0.1, 0.15) is 5.56 Å². The summed E-state index contributed by atoms with van der Waals surface area (Å²) in [5, 5.41) is 10.5. The van der Waals surface area contributed by atoms with Crippen molar-refractivity contribution in [2.45, 2.75) is 6.61 Å². The maximum Gasteiger partial charge on any atom is 0.304 e. The van der Waals surface area contributed by atoms with Crippen LogP contribution in [0.2, 0.25) is 0 Å². The first-order valence-corrected chi connectivity index (χ1v) is 6.17. The predicted octanol–water partition coefficient (Wildman–Crippen LogP) is 4.08. The molecule has 0 amide bonds. The van der Waals surface area contributed by atoms with Gasteiger partial charge in [0.2, 0.25) is 5.82 Å². The van der Waals surface area contributed by atoms with Crippen LogP contribution in [0.5, 0.6) is 5.75 Å². The normalized spacial score (nSPS) is 10.2. The molecule has 2 rings (SSSR count). The Morgan fingerprint density at radius 2 is 2.05 bits per heavy atom. The van der Waals surface area contributed by atoms with Gasteiger partial charge in [-0.2, -0.15) is 4.39 Å². The molecule has 0 radical (unpaired) electrons. The molecule has 0 saturated heterocycles. The lowest BCUT2D eigenvalue weighted by atomic mass is 10.2. The highest BCUT2D eigenvalue weighted by atomic mass is 79.9. The Balaban J connectivity index is 2.08. The van der Waals surface area contributed by atoms with Crippen molar-refractivity contribution >= 4 is 21.6 Å². The number of nitro benzene ring substituents is 1. The number of hydrogen-bond acceptors (Lipinski definition) is 3. The molecule has 2 aromatic rings. The van der Waals surface area contributed by atoms with Gasteiger partial charge in [0.05, 0.1) is 4.92 Å². The minimum atomic E-state index is -0.861. The fraction of sp³-hybridized carbons (Fsp3) is 0.0769. The smallest absolute Gasteiger partial charge is 0.304 e. The van der Waals surface area contributed by atoms with Gasteiger partial charge in [0, 0.05) is 10.5 Å². The van der Waals surface area contributed by atoms with Gasteiger partial charge in [-0.05, 0) is 35.9 Å². The second kappa shape index (κ2) is 5.79. The van der Waals surface area contributed by atoms with E-state index in [-0.39, 0.29) is 6.61 Å². The van der Waals surface area contributed by atoms with E-state index < -0.39 is 16.4 Å². The Hall–Kier alpha value is -1.95. The van der Waals surface area contributed by atoms with E-state index in [2.05, 4.69) is 15.9 Å². The summed E-state index contributed by atoms with van der Waals surface area (Å²) in [6, 6.07) is 10.9. The van der Waals surface area contributed by atoms with Crippen LogP contribution in [0.3, 0.4) is 0 Å². The van der Waals surface area contributed by atoms with E-state index in [0.29, 0.717) is 11.3 Å². The molecule has 6 heteroatoms. The van der Waals surface area contributed by atoms with E-state index in [0.717, 1.165) is 16.6 Å². The van der Waals surface area contributed by atoms with Gasteiger partial charge >= 0.3 is 5.69 Å². The summed E-state index contributed by atoms with van der Waals surface area (Å²) in [5.74, 6) is -0.228. The van der Waals surface area contributed by atoms with Gasteiger partial charge < -0.3 is 4.74 Å². The van der Waals surface area contributed by atoms with Crippen molar-refractivity contribution in [3.05, 3.63) is 68.4 Å². The highest BCUT2D eigenvalue weighted by Crippen LogP contribution is 2.21. The van der Waals surface area contributed by atoms with Crippen LogP contribution in [-0.4, -0.2) is 4.92 Å². The Bertz CT molecular complexity index is 619. The monoisotopic (exact) mass is 325 g/mol. The topological polar surface area (TPSA) is 52.4 Å². The molecule has 0 aromatic heterocycles. The lowest BCUT2D eigenvalue weighted by Crippen LogP contribution is -1.98. The first-order valence-electron chi connectivity index (χ1n) is 5.37. The summed E-state index contributed by atoms with van der Waals surface area (Å²) in [6.45, 7) is 0.144. The fourth-order valence-corrected chi connectivity index (χ4v) is 1.89. The molecule has 0 spiro atoms. The summed E-state index contributed by atoms with van der Waals surface area (Å²) < 4.78 is 19.7. The maximum absolute atomic E-state index is 13.4. The Morgan fingerprint density at radius 3 is 2.68 bits per heavy atom. The molecule has 0 aliphatic carbocycles. The lowest BCUT2D eigenvalue weighted by molar-refractivity contribution is -0.387. The fourth-order valence-electron chi connectivity index (χ4n) is 1.51. The van der Waals surface area contributed by atoms with Crippen LogP contribution in [-0.2, 0) is 6.61 Å². The van der Waals surface area contributed by atoms with Crippen molar-refractivity contribution in [2.75, 3.05) is 0 Å². The minimum Gasteiger partial charge on any atom is -0.489 e. The molecule has 0 unspecified atom stereocenters. The predicted molar refractivity (Wildman–Crippen MR) is 71.5 cm³/mol. The molecule has 2 aromatic carbocycles. The first-order chi connectivity index (χ1) is 9.06. The second-order valence-corrected chi connectivity index (χ2v) is 4.70. The summed E-state index contributed by atoms with van der Waals surface area (Å²) in [4.78, 5) is 9.72. The number of benzene rings is 2. The van der Waals surface area contributed by atoms with Crippen LogP contribution < -0.4 is 4.74 Å². The molecule has 0 heterocycles. The second-order valence-electron chi connectivity index (χ2n) is 3.79. The summed E-state index contributed by atoms with van der Waals surface area (Å²) in [5.41, 5.74) is -0.00530. The van der Waals surface area contributed by atoms with E-state index in [1.165, 1.54) is 6.07 Å². The van der Waals surface area contributed by atoms with E-state index in [4.69, 9.17) is 4.74 Å². The van der Waals surface area contributed by atoms with Gasteiger partial charge in [-0.15, -0.1) is 0 Å². The average molecular weight is 326 g/mol. The zero-order chi connectivity index (χ0) is 13.8. The van der Waals surface area contributed by atoms with Crippen LogP contribution in [0.25, 0.3) is 0 Å². The van der Waals surface area contributed by atoms with Gasteiger partial charge in [0.1, 0.15) is 12.4 Å². The Labute approximate surface area is 117 Å². The zero-order valence-electron chi connectivity index (χ0n) is 9.68. The minimum absolute atomic E-state index is 0.144. The van der Waals surface area contributed by atoms with E-state index in [1.807, 2.05) is 12.1 Å². The molecule has 0 bridgehead atoms. The van der Waals surface area contributed by atoms with Gasteiger partial charge in [0.25, 0.3) is 0 Å². The Kier molecular flexibility index (Phi) is 4.11. The number of halogens is 2. The third kappa shape index (κ3) is 3.51. The van der Waals surface area contributed by atoms with Crippen molar-refractivity contribution in [3.63, 3.8) is 0 Å². The molecular formula is C13H9BrFNO3. The third-order valence-corrected chi connectivity index (χ3v) is 2.90. The first kappa shape index (κ1) is 13.5. The van der Waals surface area contributed by atoms with Crippen molar-refractivity contribution in [1.82, 2.24) is 0 Å². The van der Waals surface area contributed by atoms with Gasteiger partial charge in [0.15, 0.2) is 0 Å². The van der Waals surface area contributed by atoms with E-state index in [1.54, 1.807) is 12.1 Å². The molecule has 0 aliphatic heterocycles. The maximum atomic E-state index is 13.4. The van der Waals surface area contributed by atoms with Crippen LogP contribution in [0.4, 0.5) is 10.1 Å². The van der Waals surface area contributed by atoms with Crippen LogP contribution in [0.15, 0.2) is 46.9 Å². The lowest BCUT2D eigenvalue weighted by Gasteiger charge is -2.06. The third-order valence-electron chi connectivity index (χ3n) is 2.41. The molecular weight excluding hydrogens is 317 g/mol. The number of nitrogens with zero attached hydrogens (tertiary/aromatic N) is 1. The van der Waals surface area contributed by atoms with Crippen LogP contribution in [0, 0.1) is 15.9 Å². The SMILES string of the molecule is O=[N+]([O-])c1ccc(COc2cccc(Br)c2)cc1F. The quantitative estimate of drug-likeness (QED) is 0.628. The molecule has 0 atom stereocenters. The van der Waals surface area contributed by atoms with Crippen molar-refractivity contribution < 1.29 is 14.1 Å². The van der Waals surface area contributed by atoms with E-state index >= 15 is 0 Å². The molecule has 98 valence electrons. The highest BCUT2D eigenvalue weighted by molar-refractivity contribution is 9.10. The van der Waals surface area contributed by atoms with Crippen molar-refractivity contribution in [1.29, 1.82) is 0 Å². The van der Waals surface area contributed by atoms with Gasteiger partial charge in [-0.3, -0.25) is 10.1 Å². The number of nitro groups is 1. The van der Waals surface area contributed by atoms with Crippen molar-refractivity contribution in [3.8, 4) is 5.75 Å². The zero-order valence-corrected chi connectivity index (χ0v) is 11.3. The largest absolute Gasteiger partial charge is 0.489 e. The molecule has 4 nitrogen and oxygen atoms in total.